The predicted octanol–water partition coefficient (Wildman–Crippen LogP) is 0.489. The van der Waals surface area contributed by atoms with Gasteiger partial charge in [0.25, 0.3) is 0 Å². The number of nitrogens with two attached hydrogens (primary N) is 2. The Kier molecular flexibility index (Phi) is 3.68. The normalized spacial score (nSPS) is 18.6. The number of hydrogen-bond donors (Lipinski definition) is 5. The summed E-state index contributed by atoms with van der Waals surface area (Å²) in [7, 11) is 1.68. The summed E-state index contributed by atoms with van der Waals surface area (Å²) < 4.78 is 5.32. The second-order valence-electron chi connectivity index (χ2n) is 5.11. The minimum atomic E-state index is 0.116. The van der Waals surface area contributed by atoms with E-state index in [9.17, 15) is 0 Å². The van der Waals surface area contributed by atoms with Crippen LogP contribution in [0.2, 0.25) is 0 Å². The molecule has 0 saturated carbocycles. The molecule has 0 saturated heterocycles. The summed E-state index contributed by atoms with van der Waals surface area (Å²) in [5, 5.41) is 8.34. The molecule has 7 nitrogen and oxygen atoms in total. The highest BCUT2D eigenvalue weighted by atomic mass is 16.5. The number of nitrogens with zero attached hydrogens (tertiary/aromatic N) is 1. The van der Waals surface area contributed by atoms with Crippen molar-refractivity contribution >= 4 is 16.7 Å². The van der Waals surface area contributed by atoms with Crippen LogP contribution in [0.15, 0.2) is 23.3 Å². The summed E-state index contributed by atoms with van der Waals surface area (Å²) >= 11 is 0. The van der Waals surface area contributed by atoms with Crippen molar-refractivity contribution in [3.05, 3.63) is 29.5 Å². The molecule has 0 spiro atoms. The molecule has 7 heteroatoms. The Bertz CT molecular complexity index is 677. The number of hydrazine groups is 1. The highest BCUT2D eigenvalue weighted by molar-refractivity contribution is 5.87. The lowest BCUT2D eigenvalue weighted by Gasteiger charge is -2.24. The largest absolute Gasteiger partial charge is 0.497 e. The predicted molar refractivity (Wildman–Crippen MR) is 82.9 cm³/mol. The van der Waals surface area contributed by atoms with E-state index in [-0.39, 0.29) is 6.04 Å². The number of fused-ring (bicyclic) bond motifs is 3. The fourth-order valence-electron chi connectivity index (χ4n) is 2.93. The molecule has 1 aromatic carbocycles. The zero-order valence-electron chi connectivity index (χ0n) is 11.9. The smallest absolute Gasteiger partial charge is 0.137 e. The second-order valence-corrected chi connectivity index (χ2v) is 5.11. The molecule has 7 N–H and O–H groups in total. The molecule has 112 valence electrons. The summed E-state index contributed by atoms with van der Waals surface area (Å²) in [6.07, 6.45) is 1.59. The summed E-state index contributed by atoms with van der Waals surface area (Å²) in [6, 6.07) is 6.20. The topological polar surface area (TPSA) is 113 Å². The molecular weight excluding hydrogens is 268 g/mol. The molecule has 0 aliphatic carbocycles. The average Bonchev–Trinajstić information content (AvgIpc) is 2.91. The van der Waals surface area contributed by atoms with E-state index in [2.05, 4.69) is 26.9 Å². The molecule has 3 rings (SSSR count). The molecule has 0 fully saturated rings. The van der Waals surface area contributed by atoms with E-state index in [0.717, 1.165) is 24.2 Å². The van der Waals surface area contributed by atoms with Crippen LogP contribution in [0, 0.1) is 0 Å². The summed E-state index contributed by atoms with van der Waals surface area (Å²) in [5.74, 6) is 12.2. The van der Waals surface area contributed by atoms with E-state index < -0.39 is 0 Å². The van der Waals surface area contributed by atoms with Crippen LogP contribution >= 0.6 is 0 Å². The number of nitrogens with one attached hydrogen (secondary N) is 3. The van der Waals surface area contributed by atoms with Gasteiger partial charge in [-0.15, -0.1) is 0 Å². The highest BCUT2D eigenvalue weighted by Gasteiger charge is 2.25. The lowest BCUT2D eigenvalue weighted by molar-refractivity contribution is 0.415. The van der Waals surface area contributed by atoms with Crippen molar-refractivity contribution in [2.45, 2.75) is 18.9 Å². The van der Waals surface area contributed by atoms with Crippen molar-refractivity contribution < 1.29 is 4.74 Å². The van der Waals surface area contributed by atoms with Gasteiger partial charge in [-0.1, -0.05) is 0 Å². The van der Waals surface area contributed by atoms with Gasteiger partial charge in [0.15, 0.2) is 0 Å². The first-order valence-corrected chi connectivity index (χ1v) is 6.92. The first-order chi connectivity index (χ1) is 10.3. The standard InChI is InChI=1S/C14H20N6O/c1-21-8-2-3-11-10(6-8)9-4-5-17-12(14(9)18-11)7-13(19-15)20-16/h2-3,6,12,17-18H,4-5,7,15-16H2,1H3,(H,19,20). The van der Waals surface area contributed by atoms with Gasteiger partial charge < -0.3 is 26.3 Å². The molecule has 0 amide bonds. The van der Waals surface area contributed by atoms with Crippen LogP contribution in [0.3, 0.4) is 0 Å². The van der Waals surface area contributed by atoms with Gasteiger partial charge in [0.1, 0.15) is 11.6 Å². The molecule has 1 aliphatic heterocycles. The molecule has 2 heterocycles. The van der Waals surface area contributed by atoms with Gasteiger partial charge in [0.2, 0.25) is 0 Å². The minimum Gasteiger partial charge on any atom is -0.497 e. The number of aromatic amines is 1. The maximum absolute atomic E-state index is 5.42. The third-order valence-electron chi connectivity index (χ3n) is 3.98. The van der Waals surface area contributed by atoms with Crippen LogP contribution in [0.1, 0.15) is 23.7 Å². The minimum absolute atomic E-state index is 0.116. The van der Waals surface area contributed by atoms with E-state index in [0.29, 0.717) is 12.3 Å². The number of ether oxygens (including phenoxy) is 1. The number of H-pyrrole nitrogens is 1. The number of hydrazone groups is 1. The number of aromatic nitrogens is 1. The van der Waals surface area contributed by atoms with Crippen LogP contribution in [0.4, 0.5) is 0 Å². The van der Waals surface area contributed by atoms with Crippen LogP contribution in [-0.4, -0.2) is 24.5 Å². The molecule has 0 bridgehead atoms. The van der Waals surface area contributed by atoms with E-state index in [4.69, 9.17) is 16.4 Å². The number of benzene rings is 1. The third-order valence-corrected chi connectivity index (χ3v) is 3.98. The monoisotopic (exact) mass is 288 g/mol. The Morgan fingerprint density at radius 3 is 3.10 bits per heavy atom. The Morgan fingerprint density at radius 1 is 1.52 bits per heavy atom. The van der Waals surface area contributed by atoms with Gasteiger partial charge in [0, 0.05) is 23.0 Å². The molecule has 1 unspecified atom stereocenters. The Hall–Kier alpha value is -2.25. The van der Waals surface area contributed by atoms with E-state index in [1.54, 1.807) is 7.11 Å². The van der Waals surface area contributed by atoms with Crippen LogP contribution in [0.25, 0.3) is 10.9 Å². The first kappa shape index (κ1) is 13.7. The van der Waals surface area contributed by atoms with Crippen molar-refractivity contribution in [1.29, 1.82) is 0 Å². The average molecular weight is 288 g/mol. The third kappa shape index (κ3) is 2.41. The second kappa shape index (κ2) is 5.63. The first-order valence-electron chi connectivity index (χ1n) is 6.92. The zero-order valence-corrected chi connectivity index (χ0v) is 11.9. The maximum atomic E-state index is 5.42. The summed E-state index contributed by atoms with van der Waals surface area (Å²) in [4.78, 5) is 3.49. The van der Waals surface area contributed by atoms with Gasteiger partial charge in [-0.2, -0.15) is 5.10 Å². The number of methoxy groups -OCH3 is 1. The van der Waals surface area contributed by atoms with Crippen molar-refractivity contribution in [2.24, 2.45) is 16.8 Å². The van der Waals surface area contributed by atoms with Crippen molar-refractivity contribution in [3.8, 4) is 5.75 Å². The number of rotatable bonds is 3. The fraction of sp³-hybridized carbons (Fsp3) is 0.357. The van der Waals surface area contributed by atoms with E-state index in [1.165, 1.54) is 16.6 Å². The van der Waals surface area contributed by atoms with Crippen LogP contribution in [-0.2, 0) is 6.42 Å². The molecule has 2 aromatic rings. The molecule has 1 aromatic heterocycles. The fourth-order valence-corrected chi connectivity index (χ4v) is 2.93. The van der Waals surface area contributed by atoms with Crippen LogP contribution < -0.4 is 27.2 Å². The van der Waals surface area contributed by atoms with Crippen molar-refractivity contribution in [1.82, 2.24) is 15.7 Å². The molecular formula is C14H20N6O. The van der Waals surface area contributed by atoms with Gasteiger partial charge >= 0.3 is 0 Å². The number of amidine groups is 1. The van der Waals surface area contributed by atoms with Gasteiger partial charge in [0.05, 0.1) is 13.2 Å². The number of hydrogen-bond acceptors (Lipinski definition) is 5. The molecule has 0 radical (unpaired) electrons. The van der Waals surface area contributed by atoms with Crippen molar-refractivity contribution in [3.63, 3.8) is 0 Å². The van der Waals surface area contributed by atoms with Crippen molar-refractivity contribution in [2.75, 3.05) is 13.7 Å². The quantitative estimate of drug-likeness (QED) is 0.244. The Morgan fingerprint density at radius 2 is 2.38 bits per heavy atom. The summed E-state index contributed by atoms with van der Waals surface area (Å²) in [6.45, 7) is 0.907. The van der Waals surface area contributed by atoms with E-state index >= 15 is 0 Å². The Balaban J connectivity index is 2.01. The van der Waals surface area contributed by atoms with Gasteiger partial charge in [-0.25, -0.2) is 5.84 Å². The molecule has 1 aliphatic rings. The molecule has 1 atom stereocenters. The lowest BCUT2D eigenvalue weighted by atomic mass is 9.97. The highest BCUT2D eigenvalue weighted by Crippen LogP contribution is 2.33. The SMILES string of the molecule is COc1ccc2[nH]c3c(c2c1)CCNC3C/C(=N/N)NN. The molecule has 21 heavy (non-hydrogen) atoms. The van der Waals surface area contributed by atoms with E-state index in [1.807, 2.05) is 12.1 Å². The van der Waals surface area contributed by atoms with Crippen LogP contribution in [0.5, 0.6) is 5.75 Å². The Labute approximate surface area is 122 Å². The maximum Gasteiger partial charge on any atom is 0.137 e. The van der Waals surface area contributed by atoms with Gasteiger partial charge in [-0.05, 0) is 36.7 Å². The summed E-state index contributed by atoms with van der Waals surface area (Å²) in [5.41, 5.74) is 6.13. The lowest BCUT2D eigenvalue weighted by Crippen LogP contribution is -2.37. The van der Waals surface area contributed by atoms with Gasteiger partial charge in [-0.3, -0.25) is 0 Å². The zero-order chi connectivity index (χ0) is 14.8.